The molecule has 0 aromatic carbocycles. The van der Waals surface area contributed by atoms with E-state index in [0.29, 0.717) is 6.42 Å². The van der Waals surface area contributed by atoms with E-state index >= 15 is 0 Å². The number of nitrogens with one attached hydrogen (secondary N) is 1. The molecule has 2 N–H and O–H groups in total. The molecule has 94 valence electrons. The van der Waals surface area contributed by atoms with Gasteiger partial charge in [-0.3, -0.25) is 9.59 Å². The van der Waals surface area contributed by atoms with Crippen molar-refractivity contribution < 1.29 is 27.9 Å². The second-order valence-electron chi connectivity index (χ2n) is 2.94. The lowest BCUT2D eigenvalue weighted by Gasteiger charge is -2.10. The highest BCUT2D eigenvalue weighted by Crippen LogP contribution is 2.15. The molecular formula is C8H12F3NO3S. The zero-order valence-electron chi connectivity index (χ0n) is 8.50. The standard InChI is InChI=1S/C8H12F3NO3S/c1-2-5(7(14)15)16-3-6(13)12-4-8(9,10)11/h5H,2-4H2,1H3,(H,12,13)(H,14,15). The summed E-state index contributed by atoms with van der Waals surface area (Å²) in [5.41, 5.74) is 0. The molecule has 1 atom stereocenters. The number of carbonyl (C=O) groups excluding carboxylic acids is 1. The van der Waals surface area contributed by atoms with E-state index in [-0.39, 0.29) is 5.75 Å². The van der Waals surface area contributed by atoms with Crippen molar-refractivity contribution in [3.63, 3.8) is 0 Å². The number of hydrogen-bond donors (Lipinski definition) is 2. The fraction of sp³-hybridized carbons (Fsp3) is 0.750. The van der Waals surface area contributed by atoms with Gasteiger partial charge in [-0.1, -0.05) is 6.92 Å². The summed E-state index contributed by atoms with van der Waals surface area (Å²) in [6.07, 6.45) is -4.14. The van der Waals surface area contributed by atoms with Crippen LogP contribution in [0, 0.1) is 0 Å². The number of aliphatic carboxylic acids is 1. The molecule has 0 fully saturated rings. The van der Waals surface area contributed by atoms with Crippen molar-refractivity contribution in [3.8, 4) is 0 Å². The number of carboxylic acids is 1. The summed E-state index contributed by atoms with van der Waals surface area (Å²) in [5.74, 6) is -2.18. The Bertz CT molecular complexity index is 257. The van der Waals surface area contributed by atoms with Crippen LogP contribution in [-0.2, 0) is 9.59 Å². The molecule has 4 nitrogen and oxygen atoms in total. The Morgan fingerprint density at radius 3 is 2.38 bits per heavy atom. The number of carboxylic acid groups (broad SMARTS) is 1. The maximum atomic E-state index is 11.7. The van der Waals surface area contributed by atoms with Gasteiger partial charge in [0.2, 0.25) is 5.91 Å². The van der Waals surface area contributed by atoms with Gasteiger partial charge in [-0.2, -0.15) is 13.2 Å². The summed E-state index contributed by atoms with van der Waals surface area (Å²) < 4.78 is 35.1. The normalized spacial score (nSPS) is 13.2. The minimum absolute atomic E-state index is 0.291. The molecule has 0 saturated heterocycles. The maximum absolute atomic E-state index is 11.7. The molecule has 0 aliphatic rings. The molecule has 0 bridgehead atoms. The lowest BCUT2D eigenvalue weighted by molar-refractivity contribution is -0.137. The summed E-state index contributed by atoms with van der Waals surface area (Å²) in [4.78, 5) is 21.4. The average molecular weight is 259 g/mol. The van der Waals surface area contributed by atoms with Crippen LogP contribution < -0.4 is 5.32 Å². The van der Waals surface area contributed by atoms with Gasteiger partial charge in [0.05, 0.1) is 5.75 Å². The molecule has 0 radical (unpaired) electrons. The van der Waals surface area contributed by atoms with Crippen LogP contribution in [0.5, 0.6) is 0 Å². The Morgan fingerprint density at radius 2 is 2.00 bits per heavy atom. The van der Waals surface area contributed by atoms with Gasteiger partial charge in [0, 0.05) is 0 Å². The number of amides is 1. The molecule has 0 heterocycles. The summed E-state index contributed by atoms with van der Waals surface area (Å²) in [6.45, 7) is 0.232. The molecule has 0 rings (SSSR count). The lowest BCUT2D eigenvalue weighted by Crippen LogP contribution is -2.35. The van der Waals surface area contributed by atoms with Crippen LogP contribution in [0.2, 0.25) is 0 Å². The van der Waals surface area contributed by atoms with Gasteiger partial charge in [0.1, 0.15) is 11.8 Å². The number of halogens is 3. The Labute approximate surface area is 94.6 Å². The van der Waals surface area contributed by atoms with Crippen molar-refractivity contribution in [2.75, 3.05) is 12.3 Å². The van der Waals surface area contributed by atoms with Gasteiger partial charge in [-0.15, -0.1) is 11.8 Å². The monoisotopic (exact) mass is 259 g/mol. The third-order valence-corrected chi connectivity index (χ3v) is 2.91. The van der Waals surface area contributed by atoms with Crippen molar-refractivity contribution in [1.29, 1.82) is 0 Å². The van der Waals surface area contributed by atoms with Crippen molar-refractivity contribution in [1.82, 2.24) is 5.32 Å². The smallest absolute Gasteiger partial charge is 0.405 e. The molecule has 0 aliphatic carbocycles. The van der Waals surface area contributed by atoms with E-state index in [0.717, 1.165) is 11.8 Å². The molecule has 0 saturated carbocycles. The van der Waals surface area contributed by atoms with Gasteiger partial charge in [0.15, 0.2) is 0 Å². The van der Waals surface area contributed by atoms with Gasteiger partial charge in [-0.25, -0.2) is 0 Å². The van der Waals surface area contributed by atoms with Crippen molar-refractivity contribution in [2.24, 2.45) is 0 Å². The first kappa shape index (κ1) is 15.1. The Kier molecular flexibility index (Phi) is 6.24. The van der Waals surface area contributed by atoms with Crippen LogP contribution >= 0.6 is 11.8 Å². The fourth-order valence-corrected chi connectivity index (χ4v) is 1.62. The number of thioether (sulfide) groups is 1. The Morgan fingerprint density at radius 1 is 1.44 bits per heavy atom. The Hall–Kier alpha value is -0.920. The van der Waals surface area contributed by atoms with Crippen LogP contribution in [0.15, 0.2) is 0 Å². The first-order chi connectivity index (χ1) is 7.26. The van der Waals surface area contributed by atoms with Crippen LogP contribution in [-0.4, -0.2) is 40.7 Å². The van der Waals surface area contributed by atoms with Crippen molar-refractivity contribution >= 4 is 23.6 Å². The van der Waals surface area contributed by atoms with Crippen molar-refractivity contribution in [2.45, 2.75) is 24.8 Å². The van der Waals surface area contributed by atoms with E-state index < -0.39 is 29.8 Å². The summed E-state index contributed by atoms with van der Waals surface area (Å²) in [5, 5.41) is 9.51. The van der Waals surface area contributed by atoms with Gasteiger partial charge in [-0.05, 0) is 6.42 Å². The van der Waals surface area contributed by atoms with Crippen molar-refractivity contribution in [3.05, 3.63) is 0 Å². The molecule has 16 heavy (non-hydrogen) atoms. The van der Waals surface area contributed by atoms with Crippen LogP contribution in [0.4, 0.5) is 13.2 Å². The molecule has 0 aromatic heterocycles. The van der Waals surface area contributed by atoms with E-state index in [1.54, 1.807) is 12.2 Å². The van der Waals surface area contributed by atoms with Gasteiger partial charge < -0.3 is 10.4 Å². The second-order valence-corrected chi connectivity index (χ2v) is 4.13. The van der Waals surface area contributed by atoms with Crippen LogP contribution in [0.25, 0.3) is 0 Å². The third kappa shape index (κ3) is 7.38. The fourth-order valence-electron chi connectivity index (χ4n) is 0.790. The van der Waals surface area contributed by atoms with E-state index in [4.69, 9.17) is 5.11 Å². The lowest BCUT2D eigenvalue weighted by atomic mass is 10.3. The van der Waals surface area contributed by atoms with Crippen LogP contribution in [0.3, 0.4) is 0 Å². The first-order valence-corrected chi connectivity index (χ1v) is 5.49. The number of carbonyl (C=O) groups is 2. The molecule has 0 aliphatic heterocycles. The zero-order chi connectivity index (χ0) is 12.8. The maximum Gasteiger partial charge on any atom is 0.405 e. The molecule has 0 spiro atoms. The third-order valence-electron chi connectivity index (χ3n) is 1.55. The quantitative estimate of drug-likeness (QED) is 0.753. The average Bonchev–Trinajstić information content (AvgIpc) is 2.14. The first-order valence-electron chi connectivity index (χ1n) is 4.44. The minimum Gasteiger partial charge on any atom is -0.480 e. The topological polar surface area (TPSA) is 66.4 Å². The van der Waals surface area contributed by atoms with E-state index in [1.807, 2.05) is 0 Å². The van der Waals surface area contributed by atoms with Crippen LogP contribution in [0.1, 0.15) is 13.3 Å². The molecular weight excluding hydrogens is 247 g/mol. The Balaban J connectivity index is 3.85. The van der Waals surface area contributed by atoms with E-state index in [1.165, 1.54) is 0 Å². The van der Waals surface area contributed by atoms with E-state index in [2.05, 4.69) is 0 Å². The molecule has 8 heteroatoms. The zero-order valence-corrected chi connectivity index (χ0v) is 9.32. The highest BCUT2D eigenvalue weighted by Gasteiger charge is 2.27. The number of alkyl halides is 3. The number of rotatable bonds is 6. The summed E-state index contributed by atoms with van der Waals surface area (Å²) in [7, 11) is 0. The number of hydrogen-bond acceptors (Lipinski definition) is 3. The minimum atomic E-state index is -4.45. The highest BCUT2D eigenvalue weighted by atomic mass is 32.2. The largest absolute Gasteiger partial charge is 0.480 e. The summed E-state index contributed by atoms with van der Waals surface area (Å²) >= 11 is 0.809. The predicted molar refractivity (Wildman–Crippen MR) is 53.2 cm³/mol. The van der Waals surface area contributed by atoms with Gasteiger partial charge >= 0.3 is 12.1 Å². The molecule has 1 amide bonds. The second kappa shape index (κ2) is 6.62. The van der Waals surface area contributed by atoms with E-state index in [9.17, 15) is 22.8 Å². The van der Waals surface area contributed by atoms with Gasteiger partial charge in [0.25, 0.3) is 0 Å². The summed E-state index contributed by atoms with van der Waals surface area (Å²) in [6, 6.07) is 0. The molecule has 0 aromatic rings. The SMILES string of the molecule is CCC(SCC(=O)NCC(F)(F)F)C(=O)O. The highest BCUT2D eigenvalue weighted by molar-refractivity contribution is 8.01. The predicted octanol–water partition coefficient (Wildman–Crippen LogP) is 1.26. The molecule has 1 unspecified atom stereocenters.